The monoisotopic (exact) mass is 464 g/mol. The van der Waals surface area contributed by atoms with Gasteiger partial charge in [-0.15, -0.1) is 0 Å². The van der Waals surface area contributed by atoms with Crippen molar-refractivity contribution in [2.24, 2.45) is 5.92 Å². The Bertz CT molecular complexity index is 1010. The number of aliphatic carboxylic acids is 1. The SMILES string of the molecule is CCC[C@@H](NC(=O)C1CCCCC1NC(=O)OCC1c2ccccc2-c2ccccc21)C(=O)O. The molecule has 2 aromatic rings. The van der Waals surface area contributed by atoms with Crippen molar-refractivity contribution in [1.29, 1.82) is 0 Å². The number of benzene rings is 2. The van der Waals surface area contributed by atoms with Gasteiger partial charge in [-0.3, -0.25) is 4.79 Å². The number of hydrogen-bond donors (Lipinski definition) is 3. The van der Waals surface area contributed by atoms with E-state index in [0.29, 0.717) is 25.7 Å². The number of ether oxygens (including phenoxy) is 1. The molecular weight excluding hydrogens is 432 g/mol. The van der Waals surface area contributed by atoms with E-state index in [1.807, 2.05) is 31.2 Å². The summed E-state index contributed by atoms with van der Waals surface area (Å²) >= 11 is 0. The molecule has 2 aliphatic carbocycles. The first-order valence-corrected chi connectivity index (χ1v) is 12.1. The van der Waals surface area contributed by atoms with Crippen molar-refractivity contribution in [3.63, 3.8) is 0 Å². The highest BCUT2D eigenvalue weighted by Gasteiger charge is 2.35. The first-order chi connectivity index (χ1) is 16.5. The summed E-state index contributed by atoms with van der Waals surface area (Å²) < 4.78 is 5.65. The Morgan fingerprint density at radius 2 is 1.62 bits per heavy atom. The van der Waals surface area contributed by atoms with Crippen LogP contribution in [0.15, 0.2) is 48.5 Å². The van der Waals surface area contributed by atoms with E-state index in [1.165, 1.54) is 0 Å². The molecular formula is C27H32N2O5. The van der Waals surface area contributed by atoms with E-state index < -0.39 is 24.0 Å². The van der Waals surface area contributed by atoms with Gasteiger partial charge in [0.1, 0.15) is 12.6 Å². The van der Waals surface area contributed by atoms with Crippen LogP contribution in [0.5, 0.6) is 0 Å². The molecule has 180 valence electrons. The summed E-state index contributed by atoms with van der Waals surface area (Å²) in [5.74, 6) is -1.85. The van der Waals surface area contributed by atoms with Gasteiger partial charge in [-0.1, -0.05) is 74.7 Å². The number of nitrogens with one attached hydrogen (secondary N) is 2. The summed E-state index contributed by atoms with van der Waals surface area (Å²) in [6.45, 7) is 2.09. The van der Waals surface area contributed by atoms with E-state index in [1.54, 1.807) is 0 Å². The molecule has 7 nitrogen and oxygen atoms in total. The molecule has 0 aliphatic heterocycles. The number of hydrogen-bond acceptors (Lipinski definition) is 4. The van der Waals surface area contributed by atoms with E-state index in [2.05, 4.69) is 34.9 Å². The van der Waals surface area contributed by atoms with Gasteiger partial charge in [0.25, 0.3) is 0 Å². The Morgan fingerprint density at radius 3 is 2.24 bits per heavy atom. The molecule has 2 aliphatic rings. The zero-order chi connectivity index (χ0) is 24.1. The van der Waals surface area contributed by atoms with Gasteiger partial charge >= 0.3 is 12.1 Å². The average Bonchev–Trinajstić information content (AvgIpc) is 3.16. The van der Waals surface area contributed by atoms with Gasteiger partial charge in [0.15, 0.2) is 0 Å². The zero-order valence-corrected chi connectivity index (χ0v) is 19.5. The summed E-state index contributed by atoms with van der Waals surface area (Å²) in [6.07, 6.45) is 3.52. The van der Waals surface area contributed by atoms with Crippen LogP contribution in [-0.4, -0.2) is 41.8 Å². The van der Waals surface area contributed by atoms with Crippen molar-refractivity contribution in [1.82, 2.24) is 10.6 Å². The zero-order valence-electron chi connectivity index (χ0n) is 19.5. The Balaban J connectivity index is 1.38. The van der Waals surface area contributed by atoms with Crippen LogP contribution in [0.2, 0.25) is 0 Å². The lowest BCUT2D eigenvalue weighted by molar-refractivity contribution is -0.143. The van der Waals surface area contributed by atoms with Crippen LogP contribution in [0.4, 0.5) is 4.79 Å². The molecule has 3 N–H and O–H groups in total. The van der Waals surface area contributed by atoms with Crippen LogP contribution >= 0.6 is 0 Å². The molecule has 7 heteroatoms. The Hall–Kier alpha value is -3.35. The normalized spacial score (nSPS) is 20.0. The standard InChI is InChI=1S/C27H32N2O5/c1-2-9-24(26(31)32)28-25(30)21-14-7-8-15-23(21)29-27(33)34-16-22-19-12-5-3-10-17(19)18-11-4-6-13-20(18)22/h3-6,10-13,21-24H,2,7-9,14-16H2,1H3,(H,28,30)(H,29,33)(H,31,32)/t21?,23?,24-/m1/s1. The van der Waals surface area contributed by atoms with Crippen molar-refractivity contribution in [2.75, 3.05) is 6.61 Å². The van der Waals surface area contributed by atoms with Crippen LogP contribution in [0.3, 0.4) is 0 Å². The topological polar surface area (TPSA) is 105 Å². The smallest absolute Gasteiger partial charge is 0.407 e. The average molecular weight is 465 g/mol. The van der Waals surface area contributed by atoms with Crippen LogP contribution in [0.25, 0.3) is 11.1 Å². The number of carboxylic acids is 1. The van der Waals surface area contributed by atoms with Gasteiger partial charge in [0.05, 0.1) is 5.92 Å². The van der Waals surface area contributed by atoms with E-state index in [4.69, 9.17) is 4.74 Å². The number of fused-ring (bicyclic) bond motifs is 3. The summed E-state index contributed by atoms with van der Waals surface area (Å²) in [5.41, 5.74) is 4.61. The molecule has 0 bridgehead atoms. The fraction of sp³-hybridized carbons (Fsp3) is 0.444. The third-order valence-corrected chi connectivity index (χ3v) is 6.94. The van der Waals surface area contributed by atoms with Gasteiger partial charge in [-0.05, 0) is 41.5 Å². The van der Waals surface area contributed by atoms with Crippen molar-refractivity contribution in [3.05, 3.63) is 59.7 Å². The van der Waals surface area contributed by atoms with Gasteiger partial charge in [-0.2, -0.15) is 0 Å². The molecule has 2 unspecified atom stereocenters. The van der Waals surface area contributed by atoms with Crippen LogP contribution in [-0.2, 0) is 14.3 Å². The fourth-order valence-electron chi connectivity index (χ4n) is 5.23. The molecule has 1 saturated carbocycles. The van der Waals surface area contributed by atoms with Crippen molar-refractivity contribution in [3.8, 4) is 11.1 Å². The van der Waals surface area contributed by atoms with Gasteiger partial charge < -0.3 is 20.5 Å². The third-order valence-electron chi connectivity index (χ3n) is 6.94. The lowest BCUT2D eigenvalue weighted by Gasteiger charge is -2.31. The van der Waals surface area contributed by atoms with Crippen molar-refractivity contribution in [2.45, 2.75) is 63.5 Å². The molecule has 2 aromatic carbocycles. The maximum atomic E-state index is 12.9. The van der Waals surface area contributed by atoms with Crippen LogP contribution in [0, 0.1) is 5.92 Å². The van der Waals surface area contributed by atoms with E-state index in [-0.39, 0.29) is 24.5 Å². The summed E-state index contributed by atoms with van der Waals surface area (Å²) in [5, 5.41) is 14.9. The molecule has 0 saturated heterocycles. The van der Waals surface area contributed by atoms with Gasteiger partial charge in [0.2, 0.25) is 5.91 Å². The quantitative estimate of drug-likeness (QED) is 0.535. The molecule has 4 rings (SSSR count). The second-order valence-corrected chi connectivity index (χ2v) is 9.16. The highest BCUT2D eigenvalue weighted by atomic mass is 16.5. The number of carboxylic acid groups (broad SMARTS) is 1. The lowest BCUT2D eigenvalue weighted by Crippen LogP contribution is -2.51. The summed E-state index contributed by atoms with van der Waals surface area (Å²) in [6, 6.07) is 15.0. The predicted octanol–water partition coefficient (Wildman–Crippen LogP) is 4.45. The van der Waals surface area contributed by atoms with E-state index in [0.717, 1.165) is 35.1 Å². The second-order valence-electron chi connectivity index (χ2n) is 9.16. The molecule has 34 heavy (non-hydrogen) atoms. The molecule has 2 amide bonds. The van der Waals surface area contributed by atoms with Gasteiger partial charge in [0, 0.05) is 12.0 Å². The largest absolute Gasteiger partial charge is 0.480 e. The summed E-state index contributed by atoms with van der Waals surface area (Å²) in [4.78, 5) is 37.0. The molecule has 0 spiro atoms. The number of rotatable bonds is 8. The minimum Gasteiger partial charge on any atom is -0.480 e. The van der Waals surface area contributed by atoms with E-state index in [9.17, 15) is 19.5 Å². The highest BCUT2D eigenvalue weighted by molar-refractivity contribution is 5.86. The van der Waals surface area contributed by atoms with E-state index >= 15 is 0 Å². The lowest BCUT2D eigenvalue weighted by atomic mass is 9.83. The minimum atomic E-state index is -1.04. The molecule has 0 radical (unpaired) electrons. The minimum absolute atomic E-state index is 0.0334. The Labute approximate surface area is 199 Å². The van der Waals surface area contributed by atoms with Crippen molar-refractivity contribution < 1.29 is 24.2 Å². The molecule has 0 aromatic heterocycles. The Kier molecular flexibility index (Phi) is 7.50. The number of alkyl carbamates (subject to hydrolysis) is 1. The second kappa shape index (κ2) is 10.7. The number of carbonyl (C=O) groups is 3. The summed E-state index contributed by atoms with van der Waals surface area (Å²) in [7, 11) is 0. The number of amides is 2. The first-order valence-electron chi connectivity index (χ1n) is 12.1. The fourth-order valence-corrected chi connectivity index (χ4v) is 5.23. The Morgan fingerprint density at radius 1 is 1.00 bits per heavy atom. The third kappa shape index (κ3) is 5.08. The predicted molar refractivity (Wildman–Crippen MR) is 128 cm³/mol. The molecule has 3 atom stereocenters. The van der Waals surface area contributed by atoms with Gasteiger partial charge in [-0.25, -0.2) is 9.59 Å². The van der Waals surface area contributed by atoms with Crippen molar-refractivity contribution >= 4 is 18.0 Å². The van der Waals surface area contributed by atoms with Crippen LogP contribution < -0.4 is 10.6 Å². The molecule has 1 fully saturated rings. The highest BCUT2D eigenvalue weighted by Crippen LogP contribution is 2.44. The van der Waals surface area contributed by atoms with Crippen LogP contribution in [0.1, 0.15) is 62.5 Å². The molecule has 0 heterocycles. The maximum Gasteiger partial charge on any atom is 0.407 e. The number of carbonyl (C=O) groups excluding carboxylic acids is 2. The first kappa shape index (κ1) is 23.8. The maximum absolute atomic E-state index is 12.9.